The number of benzene rings is 3. The van der Waals surface area contributed by atoms with Gasteiger partial charge in [-0.15, -0.1) is 0 Å². The van der Waals surface area contributed by atoms with Gasteiger partial charge in [0.1, 0.15) is 40.2 Å². The molecule has 0 aliphatic carbocycles. The van der Waals surface area contributed by atoms with Crippen LogP contribution in [0.3, 0.4) is 0 Å². The van der Waals surface area contributed by atoms with Gasteiger partial charge in [0.05, 0.1) is 19.1 Å². The van der Waals surface area contributed by atoms with E-state index < -0.39 is 11.9 Å². The summed E-state index contributed by atoms with van der Waals surface area (Å²) in [6, 6.07) is 21.6. The number of rotatable bonds is 7. The molecule has 1 aliphatic heterocycles. The summed E-state index contributed by atoms with van der Waals surface area (Å²) >= 11 is 0. The van der Waals surface area contributed by atoms with Gasteiger partial charge in [-0.25, -0.2) is 4.79 Å². The molecule has 0 aromatic heterocycles. The van der Waals surface area contributed by atoms with Gasteiger partial charge in [-0.1, -0.05) is 30.3 Å². The molecule has 172 valence electrons. The number of carbonyl (C=O) groups is 1. The minimum absolute atomic E-state index is 0.0130. The van der Waals surface area contributed by atoms with Crippen molar-refractivity contribution in [2.75, 3.05) is 13.2 Å². The Morgan fingerprint density at radius 1 is 1.00 bits per heavy atom. The molecule has 1 unspecified atom stereocenters. The van der Waals surface area contributed by atoms with E-state index in [4.69, 9.17) is 24.7 Å². The molecule has 4 rings (SSSR count). The lowest BCUT2D eigenvalue weighted by Crippen LogP contribution is -2.21. The van der Waals surface area contributed by atoms with Crippen molar-refractivity contribution in [3.05, 3.63) is 94.9 Å². The molecule has 0 amide bonds. The summed E-state index contributed by atoms with van der Waals surface area (Å²) < 4.78 is 22.4. The second kappa shape index (κ2) is 10.0. The largest absolute Gasteiger partial charge is 0.494 e. The summed E-state index contributed by atoms with van der Waals surface area (Å²) in [5.41, 5.74) is 8.33. The number of hydrogen-bond acceptors (Lipinski definition) is 7. The maximum Gasteiger partial charge on any atom is 0.347 e. The smallest absolute Gasteiger partial charge is 0.347 e. The van der Waals surface area contributed by atoms with Crippen LogP contribution in [0.15, 0.2) is 78.2 Å². The van der Waals surface area contributed by atoms with Crippen molar-refractivity contribution >= 4 is 5.97 Å². The fraction of sp³-hybridized carbons (Fsp3) is 0.185. The van der Waals surface area contributed by atoms with Gasteiger partial charge in [0.25, 0.3) is 0 Å². The molecule has 1 atom stereocenters. The van der Waals surface area contributed by atoms with Crippen molar-refractivity contribution in [3.63, 3.8) is 0 Å². The minimum Gasteiger partial charge on any atom is -0.494 e. The van der Waals surface area contributed by atoms with Crippen LogP contribution in [0.4, 0.5) is 0 Å². The third-order valence-electron chi connectivity index (χ3n) is 5.33. The Morgan fingerprint density at radius 2 is 1.71 bits per heavy atom. The van der Waals surface area contributed by atoms with Crippen LogP contribution in [-0.4, -0.2) is 19.2 Å². The lowest BCUT2D eigenvalue weighted by Gasteiger charge is -2.26. The predicted octanol–water partition coefficient (Wildman–Crippen LogP) is 4.92. The summed E-state index contributed by atoms with van der Waals surface area (Å²) in [4.78, 5) is 12.8. The van der Waals surface area contributed by atoms with Crippen LogP contribution < -0.4 is 24.7 Å². The highest BCUT2D eigenvalue weighted by atomic mass is 16.5. The van der Waals surface area contributed by atoms with Crippen molar-refractivity contribution in [2.45, 2.75) is 19.8 Å². The maximum atomic E-state index is 12.8. The van der Waals surface area contributed by atoms with Gasteiger partial charge in [0, 0.05) is 11.6 Å². The van der Waals surface area contributed by atoms with Crippen LogP contribution >= 0.6 is 0 Å². The van der Waals surface area contributed by atoms with Crippen LogP contribution in [0.5, 0.6) is 23.0 Å². The Balaban J connectivity index is 1.65. The number of para-hydroxylation sites is 1. The molecule has 0 spiro atoms. The number of hydrogen-bond donors (Lipinski definition) is 1. The van der Waals surface area contributed by atoms with E-state index in [-0.39, 0.29) is 11.6 Å². The fourth-order valence-electron chi connectivity index (χ4n) is 3.84. The van der Waals surface area contributed by atoms with Crippen LogP contribution in [0.25, 0.3) is 0 Å². The Bertz CT molecular complexity index is 1270. The molecule has 0 bridgehead atoms. The number of nitrogens with two attached hydrogens (primary N) is 1. The first-order chi connectivity index (χ1) is 16.5. The number of esters is 1. The predicted molar refractivity (Wildman–Crippen MR) is 126 cm³/mol. The molecule has 0 fully saturated rings. The zero-order valence-corrected chi connectivity index (χ0v) is 18.9. The quantitative estimate of drug-likeness (QED) is 0.397. The molecular weight excluding hydrogens is 432 g/mol. The van der Waals surface area contributed by atoms with Gasteiger partial charge < -0.3 is 24.7 Å². The summed E-state index contributed by atoms with van der Waals surface area (Å²) in [6.45, 7) is 4.75. The van der Waals surface area contributed by atoms with Crippen LogP contribution in [-0.2, 0) is 0 Å². The topological polar surface area (TPSA) is 104 Å². The lowest BCUT2D eigenvalue weighted by molar-refractivity contribution is 0.0730. The maximum absolute atomic E-state index is 12.8. The van der Waals surface area contributed by atoms with Crippen molar-refractivity contribution in [1.82, 2.24) is 0 Å². The Labute approximate surface area is 197 Å². The third-order valence-corrected chi connectivity index (χ3v) is 5.33. The summed E-state index contributed by atoms with van der Waals surface area (Å²) in [6.07, 6.45) is 0. The first-order valence-corrected chi connectivity index (χ1v) is 10.9. The molecule has 0 radical (unpaired) electrons. The number of nitriles is 1. The molecule has 0 saturated carbocycles. The number of carbonyl (C=O) groups excluding carboxylic acids is 1. The summed E-state index contributed by atoms with van der Waals surface area (Å²) in [5, 5.41) is 9.75. The highest BCUT2D eigenvalue weighted by Gasteiger charge is 2.31. The number of allylic oxidation sites excluding steroid dienone is 1. The molecule has 7 heteroatoms. The number of ether oxygens (including phenoxy) is 4. The Hall–Kier alpha value is -4.44. The van der Waals surface area contributed by atoms with Gasteiger partial charge >= 0.3 is 5.97 Å². The van der Waals surface area contributed by atoms with Gasteiger partial charge in [0.15, 0.2) is 0 Å². The normalized spacial score (nSPS) is 14.4. The van der Waals surface area contributed by atoms with Crippen molar-refractivity contribution < 1.29 is 23.7 Å². The highest BCUT2D eigenvalue weighted by Crippen LogP contribution is 2.43. The zero-order chi connectivity index (χ0) is 24.1. The summed E-state index contributed by atoms with van der Waals surface area (Å²) in [5.74, 6) is 0.928. The molecule has 7 nitrogen and oxygen atoms in total. The van der Waals surface area contributed by atoms with Crippen LogP contribution in [0.2, 0.25) is 0 Å². The molecule has 34 heavy (non-hydrogen) atoms. The second-order valence-corrected chi connectivity index (χ2v) is 7.45. The van der Waals surface area contributed by atoms with Gasteiger partial charge in [-0.05, 0) is 49.7 Å². The van der Waals surface area contributed by atoms with E-state index in [0.717, 1.165) is 16.9 Å². The average Bonchev–Trinajstić information content (AvgIpc) is 2.84. The number of fused-ring (bicyclic) bond motifs is 1. The SMILES string of the molecule is CCOc1ccc(C2C(C#N)=C(N)Oc3cc(OC(=O)c4ccccc4OCC)ccc32)cc1. The third kappa shape index (κ3) is 4.52. The van der Waals surface area contributed by atoms with Crippen LogP contribution in [0.1, 0.15) is 41.3 Å². The standard InChI is InChI=1S/C27H24N2O5/c1-3-31-18-11-9-17(10-12-18)25-20-14-13-19(15-24(20)34-26(29)22(25)16-28)33-27(30)21-7-5-6-8-23(21)32-4-2/h5-15,25H,3-4,29H2,1-2H3. The minimum atomic E-state index is -0.552. The zero-order valence-electron chi connectivity index (χ0n) is 18.9. The molecule has 1 aliphatic rings. The van der Waals surface area contributed by atoms with E-state index in [1.165, 1.54) is 0 Å². The van der Waals surface area contributed by atoms with Crippen molar-refractivity contribution in [3.8, 4) is 29.1 Å². The van der Waals surface area contributed by atoms with Gasteiger partial charge in [0.2, 0.25) is 5.88 Å². The molecule has 1 heterocycles. The average molecular weight is 456 g/mol. The summed E-state index contributed by atoms with van der Waals surface area (Å²) in [7, 11) is 0. The first-order valence-electron chi connectivity index (χ1n) is 10.9. The Morgan fingerprint density at radius 3 is 2.41 bits per heavy atom. The first kappa shape index (κ1) is 22.7. The fourth-order valence-corrected chi connectivity index (χ4v) is 3.84. The second-order valence-electron chi connectivity index (χ2n) is 7.45. The van der Waals surface area contributed by atoms with Crippen LogP contribution in [0, 0.1) is 11.3 Å². The van der Waals surface area contributed by atoms with E-state index in [1.54, 1.807) is 42.5 Å². The molecule has 3 aromatic rings. The lowest BCUT2D eigenvalue weighted by atomic mass is 9.83. The molecule has 0 saturated heterocycles. The Kier molecular flexibility index (Phi) is 6.69. The van der Waals surface area contributed by atoms with Crippen molar-refractivity contribution in [1.29, 1.82) is 5.26 Å². The van der Waals surface area contributed by atoms with E-state index in [2.05, 4.69) is 6.07 Å². The highest BCUT2D eigenvalue weighted by molar-refractivity contribution is 5.94. The van der Waals surface area contributed by atoms with Gasteiger partial charge in [-0.3, -0.25) is 0 Å². The molecular formula is C27H24N2O5. The number of nitrogens with zero attached hydrogens (tertiary/aromatic N) is 1. The molecule has 2 N–H and O–H groups in total. The van der Waals surface area contributed by atoms with E-state index in [9.17, 15) is 10.1 Å². The van der Waals surface area contributed by atoms with Gasteiger partial charge in [-0.2, -0.15) is 5.26 Å². The van der Waals surface area contributed by atoms with Crippen molar-refractivity contribution in [2.24, 2.45) is 5.73 Å². The monoisotopic (exact) mass is 456 g/mol. The van der Waals surface area contributed by atoms with E-state index >= 15 is 0 Å². The van der Waals surface area contributed by atoms with E-state index in [1.807, 2.05) is 38.1 Å². The van der Waals surface area contributed by atoms with E-state index in [0.29, 0.717) is 35.8 Å². The molecule has 3 aromatic carbocycles.